The van der Waals surface area contributed by atoms with Crippen LogP contribution in [0.1, 0.15) is 0 Å². The second-order valence-electron chi connectivity index (χ2n) is 0.0630. The molecule has 0 aliphatic carbocycles. The molecule has 0 aromatic heterocycles. The minimum absolute atomic E-state index is 0. The third-order valence-electron chi connectivity index (χ3n) is 0. The molecule has 0 unspecified atom stereocenters. The fourth-order valence-corrected chi connectivity index (χ4v) is 0. The first kappa shape index (κ1) is 17.5. The molecule has 0 amide bonds. The van der Waals surface area contributed by atoms with Crippen molar-refractivity contribution in [2.24, 2.45) is 0 Å². The van der Waals surface area contributed by atoms with Crippen LogP contribution >= 0.6 is 0 Å². The summed E-state index contributed by atoms with van der Waals surface area (Å²) in [5.74, 6) is 0. The zero-order chi connectivity index (χ0) is 2.71. The van der Waals surface area contributed by atoms with Crippen LogP contribution in [-0.4, -0.2) is 5.48 Å². The van der Waals surface area contributed by atoms with Gasteiger partial charge in [0.05, 0.1) is 0 Å². The van der Waals surface area contributed by atoms with Crippen molar-refractivity contribution < 1.29 is 45.0 Å². The zero-order valence-corrected chi connectivity index (χ0v) is 4.33. The SMILES string of the molecule is O.[Fe].[O]=[Mn]=[O]. The van der Waals surface area contributed by atoms with Gasteiger partial charge in [0.15, 0.2) is 0 Å². The molecule has 0 aliphatic rings. The number of hydrogen-bond donors (Lipinski definition) is 0. The summed E-state index contributed by atoms with van der Waals surface area (Å²) in [5.41, 5.74) is 0. The molecule has 0 fully saturated rings. The second kappa shape index (κ2) is 23.3. The summed E-state index contributed by atoms with van der Waals surface area (Å²) >= 11 is -1.44. The van der Waals surface area contributed by atoms with Gasteiger partial charge in [0.2, 0.25) is 0 Å². The van der Waals surface area contributed by atoms with E-state index in [-0.39, 0.29) is 22.5 Å². The average molecular weight is 161 g/mol. The van der Waals surface area contributed by atoms with Crippen LogP contribution in [0, 0.1) is 0 Å². The van der Waals surface area contributed by atoms with E-state index in [0.717, 1.165) is 0 Å². The van der Waals surface area contributed by atoms with Crippen molar-refractivity contribution in [3.05, 3.63) is 0 Å². The molecule has 0 saturated carbocycles. The van der Waals surface area contributed by atoms with Crippen LogP contribution in [0.2, 0.25) is 0 Å². The Bertz CT molecular complexity index is 27.9. The summed E-state index contributed by atoms with van der Waals surface area (Å²) in [6.07, 6.45) is 0. The Morgan fingerprint density at radius 3 is 1.20 bits per heavy atom. The Labute approximate surface area is 45.5 Å². The van der Waals surface area contributed by atoms with E-state index in [2.05, 4.69) is 0 Å². The fraction of sp³-hybridized carbons (Fsp3) is 0. The molecule has 0 aromatic carbocycles. The monoisotopic (exact) mass is 161 g/mol. The van der Waals surface area contributed by atoms with Crippen LogP contribution in [0.4, 0.5) is 0 Å². The Morgan fingerprint density at radius 1 is 1.20 bits per heavy atom. The van der Waals surface area contributed by atoms with Crippen LogP contribution in [0.5, 0.6) is 0 Å². The molecule has 0 saturated heterocycles. The van der Waals surface area contributed by atoms with E-state index in [1.807, 2.05) is 0 Å². The molecule has 0 rings (SSSR count). The van der Waals surface area contributed by atoms with Gasteiger partial charge in [0.1, 0.15) is 0 Å². The molecule has 0 atom stereocenters. The van der Waals surface area contributed by atoms with Crippen molar-refractivity contribution in [2.75, 3.05) is 0 Å². The standard InChI is InChI=1S/Fe.Mn.H2O.2O/h;;1H2;;. The summed E-state index contributed by atoms with van der Waals surface area (Å²) in [5, 5.41) is 0. The van der Waals surface area contributed by atoms with Crippen LogP contribution in [0.25, 0.3) is 0 Å². The Kier molecular flexibility index (Phi) is 81.7. The van der Waals surface area contributed by atoms with E-state index in [9.17, 15) is 0 Å². The predicted molar refractivity (Wildman–Crippen MR) is 4.99 cm³/mol. The van der Waals surface area contributed by atoms with Crippen LogP contribution < -0.4 is 0 Å². The first-order chi connectivity index (χ1) is 1.41. The van der Waals surface area contributed by atoms with Crippen LogP contribution in [0.15, 0.2) is 0 Å². The van der Waals surface area contributed by atoms with Gasteiger partial charge in [0.25, 0.3) is 0 Å². The van der Waals surface area contributed by atoms with Gasteiger partial charge in [-0.05, 0) is 0 Å². The summed E-state index contributed by atoms with van der Waals surface area (Å²) in [4.78, 5) is 0. The first-order valence-electron chi connectivity index (χ1n) is 0.309. The third kappa shape index (κ3) is 86.6. The van der Waals surface area contributed by atoms with Gasteiger partial charge < -0.3 is 5.48 Å². The number of hydrogen-bond acceptors (Lipinski definition) is 2. The van der Waals surface area contributed by atoms with E-state index in [1.165, 1.54) is 0 Å². The third-order valence-corrected chi connectivity index (χ3v) is 0. The maximum atomic E-state index is 8.41. The molecular weight excluding hydrogens is 159 g/mol. The van der Waals surface area contributed by atoms with Crippen molar-refractivity contribution in [3.8, 4) is 0 Å². The van der Waals surface area contributed by atoms with Crippen molar-refractivity contribution in [1.82, 2.24) is 0 Å². The van der Waals surface area contributed by atoms with Gasteiger partial charge in [-0.25, -0.2) is 0 Å². The zero-order valence-electron chi connectivity index (χ0n) is 2.05. The quantitative estimate of drug-likeness (QED) is 0.424. The molecule has 35 valence electrons. The molecular formula is H2FeMnO3. The van der Waals surface area contributed by atoms with Crippen LogP contribution in [-0.2, 0) is 39.6 Å². The topological polar surface area (TPSA) is 65.6 Å². The second-order valence-corrected chi connectivity index (χ2v) is 0.260. The van der Waals surface area contributed by atoms with Crippen LogP contribution in [0.3, 0.4) is 0 Å². The number of rotatable bonds is 0. The van der Waals surface area contributed by atoms with Gasteiger partial charge in [-0.1, -0.05) is 0 Å². The van der Waals surface area contributed by atoms with Gasteiger partial charge in [-0.15, -0.1) is 0 Å². The van der Waals surface area contributed by atoms with Gasteiger partial charge in [-0.3, -0.25) is 0 Å². The summed E-state index contributed by atoms with van der Waals surface area (Å²) in [6.45, 7) is 0. The van der Waals surface area contributed by atoms with Gasteiger partial charge in [-0.2, -0.15) is 0 Å². The van der Waals surface area contributed by atoms with E-state index >= 15 is 0 Å². The molecule has 5 heteroatoms. The molecule has 0 heterocycles. The molecule has 0 aliphatic heterocycles. The van der Waals surface area contributed by atoms with Gasteiger partial charge in [0, 0.05) is 17.1 Å². The van der Waals surface area contributed by atoms with E-state index < -0.39 is 14.8 Å². The predicted octanol–water partition coefficient (Wildman–Crippen LogP) is -1.07. The van der Waals surface area contributed by atoms with E-state index in [4.69, 9.17) is 7.67 Å². The van der Waals surface area contributed by atoms with Gasteiger partial charge >= 0.3 is 22.5 Å². The Hall–Kier alpha value is 0.599. The van der Waals surface area contributed by atoms with E-state index in [0.29, 0.717) is 0 Å². The Morgan fingerprint density at radius 2 is 1.20 bits per heavy atom. The summed E-state index contributed by atoms with van der Waals surface area (Å²) in [7, 11) is 0. The van der Waals surface area contributed by atoms with E-state index in [1.54, 1.807) is 0 Å². The summed E-state index contributed by atoms with van der Waals surface area (Å²) < 4.78 is 16.8. The Balaban J connectivity index is -0.0000000200. The molecule has 0 radical (unpaired) electrons. The van der Waals surface area contributed by atoms with Crippen molar-refractivity contribution in [1.29, 1.82) is 0 Å². The maximum absolute atomic E-state index is 8.41. The van der Waals surface area contributed by atoms with Crippen molar-refractivity contribution in [3.63, 3.8) is 0 Å². The summed E-state index contributed by atoms with van der Waals surface area (Å²) in [6, 6.07) is 0. The molecule has 3 nitrogen and oxygen atoms in total. The van der Waals surface area contributed by atoms with Crippen molar-refractivity contribution in [2.45, 2.75) is 0 Å². The molecule has 0 aromatic rings. The molecule has 2 N–H and O–H groups in total. The normalized spacial score (nSPS) is 2.40. The van der Waals surface area contributed by atoms with Crippen molar-refractivity contribution >= 4 is 0 Å². The molecule has 0 spiro atoms. The average Bonchev–Trinajstić information content (AvgIpc) is 0.918. The first-order valence-corrected chi connectivity index (χ1v) is 1.27. The minimum atomic E-state index is -1.44. The molecule has 0 bridgehead atoms. The fourth-order valence-electron chi connectivity index (χ4n) is 0. The molecule has 5 heavy (non-hydrogen) atoms.